The second kappa shape index (κ2) is 6.46. The molecule has 21 heavy (non-hydrogen) atoms. The van der Waals surface area contributed by atoms with Crippen molar-refractivity contribution in [2.45, 2.75) is 6.54 Å². The molecule has 2 aromatic rings. The number of hydrogen-bond acceptors (Lipinski definition) is 2. The highest BCUT2D eigenvalue weighted by Crippen LogP contribution is 2.27. The summed E-state index contributed by atoms with van der Waals surface area (Å²) in [6.45, 7) is 3.09. The molecule has 0 atom stereocenters. The van der Waals surface area contributed by atoms with Gasteiger partial charge in [-0.1, -0.05) is 30.3 Å². The SMILES string of the molecule is CN(C)c1cccc2c(CNCC[N+](C)(C)C)cccc12. The molecule has 0 unspecified atom stereocenters. The van der Waals surface area contributed by atoms with Crippen LogP contribution in [-0.2, 0) is 6.54 Å². The molecule has 0 saturated heterocycles. The molecule has 0 aliphatic rings. The summed E-state index contributed by atoms with van der Waals surface area (Å²) in [5, 5.41) is 6.25. The number of nitrogens with zero attached hydrogens (tertiary/aromatic N) is 2. The van der Waals surface area contributed by atoms with Gasteiger partial charge in [0.2, 0.25) is 0 Å². The number of hydrogen-bond donors (Lipinski definition) is 1. The predicted molar refractivity (Wildman–Crippen MR) is 92.9 cm³/mol. The molecule has 0 aliphatic heterocycles. The summed E-state index contributed by atoms with van der Waals surface area (Å²) in [7, 11) is 10.9. The van der Waals surface area contributed by atoms with Crippen molar-refractivity contribution >= 4 is 16.5 Å². The molecular formula is C18H28N3+. The van der Waals surface area contributed by atoms with E-state index in [1.165, 1.54) is 22.0 Å². The predicted octanol–water partition coefficient (Wildman–Crippen LogP) is 2.70. The van der Waals surface area contributed by atoms with E-state index in [4.69, 9.17) is 0 Å². The number of rotatable bonds is 6. The van der Waals surface area contributed by atoms with Crippen LogP contribution < -0.4 is 10.2 Å². The average Bonchev–Trinajstić information content (AvgIpc) is 2.41. The fraction of sp³-hybridized carbons (Fsp3) is 0.444. The van der Waals surface area contributed by atoms with E-state index in [1.807, 2.05) is 0 Å². The Hall–Kier alpha value is -1.58. The minimum absolute atomic E-state index is 0.925. The summed E-state index contributed by atoms with van der Waals surface area (Å²) in [6, 6.07) is 13.1. The number of fused-ring (bicyclic) bond motifs is 1. The number of anilines is 1. The normalized spacial score (nSPS) is 11.9. The third kappa shape index (κ3) is 4.19. The van der Waals surface area contributed by atoms with Gasteiger partial charge in [-0.3, -0.25) is 0 Å². The molecule has 0 radical (unpaired) electrons. The maximum absolute atomic E-state index is 3.57. The van der Waals surface area contributed by atoms with Crippen molar-refractivity contribution in [3.8, 4) is 0 Å². The Balaban J connectivity index is 2.16. The van der Waals surface area contributed by atoms with Crippen LogP contribution in [0.5, 0.6) is 0 Å². The summed E-state index contributed by atoms with van der Waals surface area (Å²) < 4.78 is 0.993. The maximum Gasteiger partial charge on any atom is 0.0907 e. The third-order valence-corrected chi connectivity index (χ3v) is 3.75. The first-order valence-corrected chi connectivity index (χ1v) is 7.57. The Morgan fingerprint density at radius 2 is 1.62 bits per heavy atom. The minimum atomic E-state index is 0.925. The summed E-state index contributed by atoms with van der Waals surface area (Å²) in [6.07, 6.45) is 0. The van der Waals surface area contributed by atoms with Gasteiger partial charge in [-0.2, -0.15) is 0 Å². The zero-order valence-electron chi connectivity index (χ0n) is 14.0. The standard InChI is InChI=1S/C18H28N3/c1-20(2)18-11-7-9-16-15(8-6-10-17(16)18)14-19-12-13-21(3,4)5/h6-11,19H,12-14H2,1-5H3/q+1. The summed E-state index contributed by atoms with van der Waals surface area (Å²) in [5.74, 6) is 0. The largest absolute Gasteiger partial charge is 0.377 e. The van der Waals surface area contributed by atoms with E-state index in [2.05, 4.69) is 81.9 Å². The minimum Gasteiger partial charge on any atom is -0.377 e. The third-order valence-electron chi connectivity index (χ3n) is 3.75. The van der Waals surface area contributed by atoms with Gasteiger partial charge in [-0.15, -0.1) is 0 Å². The Labute approximate surface area is 128 Å². The average molecular weight is 286 g/mol. The molecule has 3 nitrogen and oxygen atoms in total. The van der Waals surface area contributed by atoms with Crippen molar-refractivity contribution in [2.75, 3.05) is 53.2 Å². The lowest BCUT2D eigenvalue weighted by Gasteiger charge is -2.24. The first-order valence-electron chi connectivity index (χ1n) is 7.57. The first-order chi connectivity index (χ1) is 9.88. The molecule has 0 amide bonds. The van der Waals surface area contributed by atoms with Gasteiger partial charge in [0.15, 0.2) is 0 Å². The van der Waals surface area contributed by atoms with Crippen molar-refractivity contribution in [2.24, 2.45) is 0 Å². The molecule has 114 valence electrons. The zero-order chi connectivity index (χ0) is 15.5. The molecule has 0 heterocycles. The van der Waals surface area contributed by atoms with E-state index in [9.17, 15) is 0 Å². The van der Waals surface area contributed by atoms with Gasteiger partial charge in [0, 0.05) is 38.3 Å². The van der Waals surface area contributed by atoms with Crippen molar-refractivity contribution < 1.29 is 4.48 Å². The molecule has 1 N–H and O–H groups in total. The van der Waals surface area contributed by atoms with Crippen LogP contribution in [-0.4, -0.2) is 52.8 Å². The lowest BCUT2D eigenvalue weighted by atomic mass is 10.0. The van der Waals surface area contributed by atoms with Crippen LogP contribution >= 0.6 is 0 Å². The van der Waals surface area contributed by atoms with Gasteiger partial charge in [0.05, 0.1) is 27.7 Å². The van der Waals surface area contributed by atoms with Gasteiger partial charge < -0.3 is 14.7 Å². The lowest BCUT2D eigenvalue weighted by Crippen LogP contribution is -2.40. The van der Waals surface area contributed by atoms with Crippen LogP contribution in [0.3, 0.4) is 0 Å². The zero-order valence-corrected chi connectivity index (χ0v) is 14.0. The second-order valence-corrected chi connectivity index (χ2v) is 6.87. The Morgan fingerprint density at radius 3 is 2.29 bits per heavy atom. The molecule has 0 aromatic heterocycles. The quantitative estimate of drug-likeness (QED) is 0.649. The van der Waals surface area contributed by atoms with Crippen LogP contribution in [0.1, 0.15) is 5.56 Å². The molecule has 2 rings (SSSR count). The smallest absolute Gasteiger partial charge is 0.0907 e. The molecule has 0 aliphatic carbocycles. The van der Waals surface area contributed by atoms with E-state index in [-0.39, 0.29) is 0 Å². The second-order valence-electron chi connectivity index (χ2n) is 6.87. The topological polar surface area (TPSA) is 15.3 Å². The van der Waals surface area contributed by atoms with Gasteiger partial charge in [0.25, 0.3) is 0 Å². The molecule has 0 saturated carbocycles. The van der Waals surface area contributed by atoms with Gasteiger partial charge in [-0.05, 0) is 17.0 Å². The molecule has 0 bridgehead atoms. The van der Waals surface area contributed by atoms with E-state index < -0.39 is 0 Å². The number of quaternary nitrogens is 1. The Bertz CT molecular complexity index is 597. The number of nitrogens with one attached hydrogen (secondary N) is 1. The maximum atomic E-state index is 3.57. The van der Waals surface area contributed by atoms with Crippen LogP contribution in [0.15, 0.2) is 36.4 Å². The van der Waals surface area contributed by atoms with Crippen molar-refractivity contribution in [3.63, 3.8) is 0 Å². The fourth-order valence-electron chi connectivity index (χ4n) is 2.54. The van der Waals surface area contributed by atoms with Crippen molar-refractivity contribution in [1.82, 2.24) is 5.32 Å². The van der Waals surface area contributed by atoms with Gasteiger partial charge >= 0.3 is 0 Å². The molecule has 2 aromatic carbocycles. The number of likely N-dealkylation sites (N-methyl/N-ethyl adjacent to an activating group) is 1. The van der Waals surface area contributed by atoms with E-state index in [0.29, 0.717) is 0 Å². The molecule has 0 spiro atoms. The van der Waals surface area contributed by atoms with Crippen molar-refractivity contribution in [3.05, 3.63) is 42.0 Å². The number of benzene rings is 2. The lowest BCUT2D eigenvalue weighted by molar-refractivity contribution is -0.869. The highest BCUT2D eigenvalue weighted by atomic mass is 15.3. The molecule has 3 heteroatoms. The molecular weight excluding hydrogens is 258 g/mol. The first kappa shape index (κ1) is 15.8. The summed E-state index contributed by atoms with van der Waals surface area (Å²) >= 11 is 0. The van der Waals surface area contributed by atoms with Crippen molar-refractivity contribution in [1.29, 1.82) is 0 Å². The van der Waals surface area contributed by atoms with Crippen LogP contribution in [0.4, 0.5) is 5.69 Å². The van der Waals surface area contributed by atoms with Crippen LogP contribution in [0.2, 0.25) is 0 Å². The highest BCUT2D eigenvalue weighted by Gasteiger charge is 2.08. The fourth-order valence-corrected chi connectivity index (χ4v) is 2.54. The van der Waals surface area contributed by atoms with Crippen LogP contribution in [0, 0.1) is 0 Å². The summed E-state index contributed by atoms with van der Waals surface area (Å²) in [5.41, 5.74) is 2.65. The summed E-state index contributed by atoms with van der Waals surface area (Å²) in [4.78, 5) is 2.18. The Kier molecular flexibility index (Phi) is 4.86. The van der Waals surface area contributed by atoms with E-state index in [1.54, 1.807) is 0 Å². The van der Waals surface area contributed by atoms with Gasteiger partial charge in [-0.25, -0.2) is 0 Å². The van der Waals surface area contributed by atoms with Gasteiger partial charge in [0.1, 0.15) is 0 Å². The van der Waals surface area contributed by atoms with E-state index in [0.717, 1.165) is 24.1 Å². The van der Waals surface area contributed by atoms with Crippen LogP contribution in [0.25, 0.3) is 10.8 Å². The monoisotopic (exact) mass is 286 g/mol. The highest BCUT2D eigenvalue weighted by molar-refractivity contribution is 5.96. The molecule has 0 fully saturated rings. The van der Waals surface area contributed by atoms with E-state index >= 15 is 0 Å². The Morgan fingerprint density at radius 1 is 0.952 bits per heavy atom.